The fraction of sp³-hybridized carbons (Fsp3) is 0.923. The van der Waals surface area contributed by atoms with Crippen LogP contribution in [0.4, 0.5) is 0 Å². The molecule has 0 aromatic rings. The van der Waals surface area contributed by atoms with Gasteiger partial charge in [-0.15, -0.1) is 0 Å². The monoisotopic (exact) mass is 243 g/mol. The molecule has 0 aromatic heterocycles. The lowest BCUT2D eigenvalue weighted by atomic mass is 10.0. The van der Waals surface area contributed by atoms with Crippen molar-refractivity contribution >= 4 is 5.91 Å². The number of nitrogens with one attached hydrogen (secondary N) is 1. The molecule has 17 heavy (non-hydrogen) atoms. The van der Waals surface area contributed by atoms with Gasteiger partial charge in [-0.25, -0.2) is 0 Å². The molecule has 0 rings (SSSR count). The second-order valence-corrected chi connectivity index (χ2v) is 5.13. The molecule has 0 radical (unpaired) electrons. The Morgan fingerprint density at radius 2 is 1.76 bits per heavy atom. The summed E-state index contributed by atoms with van der Waals surface area (Å²) in [5.41, 5.74) is 5.84. The fourth-order valence-corrected chi connectivity index (χ4v) is 1.88. The quantitative estimate of drug-likeness (QED) is 0.673. The van der Waals surface area contributed by atoms with E-state index in [1.165, 1.54) is 0 Å². The number of hydrogen-bond donors (Lipinski definition) is 2. The molecule has 0 aliphatic carbocycles. The van der Waals surface area contributed by atoms with E-state index in [1.807, 2.05) is 6.92 Å². The average molecular weight is 243 g/mol. The van der Waals surface area contributed by atoms with Crippen molar-refractivity contribution in [3.63, 3.8) is 0 Å². The molecular formula is C13H29N3O. The molecule has 0 bridgehead atoms. The van der Waals surface area contributed by atoms with E-state index in [-0.39, 0.29) is 18.0 Å². The third-order valence-corrected chi connectivity index (χ3v) is 2.88. The standard InChI is InChI=1S/C13H29N3O/c1-6-16(7-2)9-11(5)15-13(17)12(14)8-10(3)4/h10-12H,6-9,14H2,1-5H3,(H,15,17)/t11?,12-/m0/s1. The van der Waals surface area contributed by atoms with Crippen molar-refractivity contribution < 1.29 is 4.79 Å². The van der Waals surface area contributed by atoms with Crippen molar-refractivity contribution in [1.29, 1.82) is 0 Å². The highest BCUT2D eigenvalue weighted by Gasteiger charge is 2.17. The van der Waals surface area contributed by atoms with Crippen LogP contribution >= 0.6 is 0 Å². The van der Waals surface area contributed by atoms with E-state index in [9.17, 15) is 4.79 Å². The van der Waals surface area contributed by atoms with Gasteiger partial charge in [-0.1, -0.05) is 27.7 Å². The van der Waals surface area contributed by atoms with Crippen molar-refractivity contribution in [1.82, 2.24) is 10.2 Å². The summed E-state index contributed by atoms with van der Waals surface area (Å²) < 4.78 is 0. The van der Waals surface area contributed by atoms with Crippen molar-refractivity contribution in [2.75, 3.05) is 19.6 Å². The number of nitrogens with zero attached hydrogens (tertiary/aromatic N) is 1. The number of hydrogen-bond acceptors (Lipinski definition) is 3. The smallest absolute Gasteiger partial charge is 0.237 e. The van der Waals surface area contributed by atoms with Gasteiger partial charge in [0.25, 0.3) is 0 Å². The maximum Gasteiger partial charge on any atom is 0.237 e. The average Bonchev–Trinajstić information content (AvgIpc) is 2.24. The molecule has 4 heteroatoms. The second-order valence-electron chi connectivity index (χ2n) is 5.13. The predicted octanol–water partition coefficient (Wildman–Crippen LogP) is 1.21. The maximum atomic E-state index is 11.8. The van der Waals surface area contributed by atoms with Gasteiger partial charge in [-0.2, -0.15) is 0 Å². The van der Waals surface area contributed by atoms with E-state index in [2.05, 4.69) is 37.9 Å². The minimum Gasteiger partial charge on any atom is -0.351 e. The van der Waals surface area contributed by atoms with E-state index in [0.29, 0.717) is 5.92 Å². The maximum absolute atomic E-state index is 11.8. The molecule has 0 fully saturated rings. The third-order valence-electron chi connectivity index (χ3n) is 2.88. The van der Waals surface area contributed by atoms with Crippen LogP contribution < -0.4 is 11.1 Å². The summed E-state index contributed by atoms with van der Waals surface area (Å²) >= 11 is 0. The Balaban J connectivity index is 4.02. The number of rotatable bonds is 8. The fourth-order valence-electron chi connectivity index (χ4n) is 1.88. The molecule has 0 heterocycles. The van der Waals surface area contributed by atoms with Crippen LogP contribution in [0, 0.1) is 5.92 Å². The van der Waals surface area contributed by atoms with Gasteiger partial charge in [-0.3, -0.25) is 4.79 Å². The van der Waals surface area contributed by atoms with Gasteiger partial charge in [0.2, 0.25) is 5.91 Å². The van der Waals surface area contributed by atoms with Crippen molar-refractivity contribution in [3.05, 3.63) is 0 Å². The number of carbonyl (C=O) groups is 1. The minimum absolute atomic E-state index is 0.0293. The molecule has 102 valence electrons. The predicted molar refractivity (Wildman–Crippen MR) is 72.8 cm³/mol. The Morgan fingerprint density at radius 3 is 2.18 bits per heavy atom. The van der Waals surface area contributed by atoms with Crippen molar-refractivity contribution in [2.24, 2.45) is 11.7 Å². The van der Waals surface area contributed by atoms with E-state index >= 15 is 0 Å². The summed E-state index contributed by atoms with van der Waals surface area (Å²) in [5.74, 6) is 0.423. The van der Waals surface area contributed by atoms with Gasteiger partial charge in [0.05, 0.1) is 6.04 Å². The first-order valence-electron chi connectivity index (χ1n) is 6.68. The number of nitrogens with two attached hydrogens (primary N) is 1. The summed E-state index contributed by atoms with van der Waals surface area (Å²) in [6.07, 6.45) is 0.740. The first-order chi connectivity index (χ1) is 7.90. The zero-order valence-electron chi connectivity index (χ0n) is 12.0. The summed E-state index contributed by atoms with van der Waals surface area (Å²) in [4.78, 5) is 14.1. The Bertz CT molecular complexity index is 215. The summed E-state index contributed by atoms with van der Waals surface area (Å²) in [5, 5.41) is 2.98. The van der Waals surface area contributed by atoms with E-state index in [1.54, 1.807) is 0 Å². The Hall–Kier alpha value is -0.610. The van der Waals surface area contributed by atoms with Crippen LogP contribution in [0.2, 0.25) is 0 Å². The molecular weight excluding hydrogens is 214 g/mol. The molecule has 0 aliphatic rings. The van der Waals surface area contributed by atoms with E-state index in [4.69, 9.17) is 5.73 Å². The van der Waals surface area contributed by atoms with Crippen molar-refractivity contribution in [3.8, 4) is 0 Å². The SMILES string of the molecule is CCN(CC)CC(C)NC(=O)[C@@H](N)CC(C)C. The molecule has 0 aliphatic heterocycles. The molecule has 0 saturated carbocycles. The largest absolute Gasteiger partial charge is 0.351 e. The van der Waals surface area contributed by atoms with Crippen LogP contribution in [0.15, 0.2) is 0 Å². The lowest BCUT2D eigenvalue weighted by Crippen LogP contribution is -2.48. The number of amides is 1. The Kier molecular flexibility index (Phi) is 8.17. The highest BCUT2D eigenvalue weighted by molar-refractivity contribution is 5.81. The van der Waals surface area contributed by atoms with Crippen LogP contribution in [0.5, 0.6) is 0 Å². The van der Waals surface area contributed by atoms with Gasteiger partial charge in [-0.05, 0) is 32.4 Å². The highest BCUT2D eigenvalue weighted by Crippen LogP contribution is 2.03. The summed E-state index contributed by atoms with van der Waals surface area (Å²) in [6.45, 7) is 13.3. The Morgan fingerprint density at radius 1 is 1.24 bits per heavy atom. The second kappa shape index (κ2) is 8.48. The minimum atomic E-state index is -0.380. The molecule has 0 saturated heterocycles. The van der Waals surface area contributed by atoms with Gasteiger partial charge in [0.15, 0.2) is 0 Å². The summed E-state index contributed by atoms with van der Waals surface area (Å²) in [7, 11) is 0. The zero-order chi connectivity index (χ0) is 13.4. The first-order valence-corrected chi connectivity index (χ1v) is 6.68. The lowest BCUT2D eigenvalue weighted by Gasteiger charge is -2.24. The normalized spacial score (nSPS) is 15.1. The van der Waals surface area contributed by atoms with Gasteiger partial charge in [0, 0.05) is 12.6 Å². The molecule has 3 N–H and O–H groups in total. The molecule has 1 unspecified atom stereocenters. The van der Waals surface area contributed by atoms with Crippen molar-refractivity contribution in [2.45, 2.75) is 53.1 Å². The first kappa shape index (κ1) is 16.4. The highest BCUT2D eigenvalue weighted by atomic mass is 16.2. The molecule has 0 spiro atoms. The Labute approximate surface area is 106 Å². The molecule has 0 aromatic carbocycles. The van der Waals surface area contributed by atoms with Gasteiger partial charge < -0.3 is 16.0 Å². The van der Waals surface area contributed by atoms with Crippen LogP contribution in [0.3, 0.4) is 0 Å². The molecule has 4 nitrogen and oxygen atoms in total. The number of likely N-dealkylation sites (N-methyl/N-ethyl adjacent to an activating group) is 1. The van der Waals surface area contributed by atoms with Crippen LogP contribution in [-0.4, -0.2) is 42.5 Å². The molecule has 2 atom stereocenters. The van der Waals surface area contributed by atoms with E-state index < -0.39 is 0 Å². The van der Waals surface area contributed by atoms with Gasteiger partial charge >= 0.3 is 0 Å². The zero-order valence-corrected chi connectivity index (χ0v) is 12.0. The van der Waals surface area contributed by atoms with Crippen LogP contribution in [-0.2, 0) is 4.79 Å². The van der Waals surface area contributed by atoms with Gasteiger partial charge in [0.1, 0.15) is 0 Å². The summed E-state index contributed by atoms with van der Waals surface area (Å²) in [6, 6.07) is -0.227. The number of carbonyl (C=O) groups excluding carboxylic acids is 1. The third kappa shape index (κ3) is 7.34. The topological polar surface area (TPSA) is 58.4 Å². The van der Waals surface area contributed by atoms with E-state index in [0.717, 1.165) is 26.1 Å². The van der Waals surface area contributed by atoms with Crippen LogP contribution in [0.25, 0.3) is 0 Å². The lowest BCUT2D eigenvalue weighted by molar-refractivity contribution is -0.123. The van der Waals surface area contributed by atoms with Crippen LogP contribution in [0.1, 0.15) is 41.0 Å². The molecule has 1 amide bonds.